The minimum Gasteiger partial charge on any atom is -0.388 e. The van der Waals surface area contributed by atoms with Gasteiger partial charge in [0.15, 0.2) is 0 Å². The fraction of sp³-hybridized carbons (Fsp3) is 0.600. The Kier molecular flexibility index (Phi) is 4.00. The molecule has 1 aliphatic rings. The van der Waals surface area contributed by atoms with Gasteiger partial charge in [0, 0.05) is 0 Å². The lowest BCUT2D eigenvalue weighted by Gasteiger charge is -2.21. The Morgan fingerprint density at radius 2 is 1.81 bits per heavy atom. The Balaban J connectivity index is 2.07. The molecule has 1 N–H and O–H groups in total. The molecule has 2 rings (SSSR count). The van der Waals surface area contributed by atoms with E-state index in [2.05, 4.69) is 25.1 Å². The molecule has 1 saturated carbocycles. The number of hydrogen-bond acceptors (Lipinski definition) is 1. The lowest BCUT2D eigenvalue weighted by molar-refractivity contribution is 0.0987. The molecule has 0 aromatic heterocycles. The summed E-state index contributed by atoms with van der Waals surface area (Å²) in [5, 5.41) is 10.4. The average Bonchev–Trinajstić information content (AvgIpc) is 2.56. The first-order chi connectivity index (χ1) is 7.77. The van der Waals surface area contributed by atoms with Gasteiger partial charge in [-0.2, -0.15) is 0 Å². The summed E-state index contributed by atoms with van der Waals surface area (Å²) in [6, 6.07) is 8.31. The fourth-order valence-corrected chi connectivity index (χ4v) is 2.75. The summed E-state index contributed by atoms with van der Waals surface area (Å²) in [7, 11) is 0. The molecule has 1 heteroatoms. The normalized spacial score (nSPS) is 20.4. The van der Waals surface area contributed by atoms with E-state index in [9.17, 15) is 5.11 Å². The van der Waals surface area contributed by atoms with Crippen LogP contribution >= 0.6 is 0 Å². The summed E-state index contributed by atoms with van der Waals surface area (Å²) in [6.45, 7) is 2.09. The van der Waals surface area contributed by atoms with E-state index in [1.807, 2.05) is 6.07 Å². The molecule has 1 nitrogen and oxygen atoms in total. The molecule has 0 heterocycles. The van der Waals surface area contributed by atoms with Gasteiger partial charge in [-0.1, -0.05) is 55.5 Å². The second-order valence-corrected chi connectivity index (χ2v) is 5.11. The molecule has 1 unspecified atom stereocenters. The minimum absolute atomic E-state index is 0.252. The van der Waals surface area contributed by atoms with Crippen LogP contribution in [0.25, 0.3) is 0 Å². The van der Waals surface area contributed by atoms with Crippen LogP contribution in [0, 0.1) is 12.8 Å². The topological polar surface area (TPSA) is 20.2 Å². The maximum Gasteiger partial charge on any atom is 0.0818 e. The highest BCUT2D eigenvalue weighted by Gasteiger charge is 2.21. The van der Waals surface area contributed by atoms with Gasteiger partial charge in [0.05, 0.1) is 6.10 Å². The van der Waals surface area contributed by atoms with Crippen molar-refractivity contribution in [2.75, 3.05) is 0 Å². The maximum atomic E-state index is 10.4. The lowest BCUT2D eigenvalue weighted by Crippen LogP contribution is -2.12. The highest BCUT2D eigenvalue weighted by molar-refractivity contribution is 5.24. The molecular weight excluding hydrogens is 196 g/mol. The molecular formula is C15H22O. The first-order valence-electron chi connectivity index (χ1n) is 6.52. The zero-order valence-corrected chi connectivity index (χ0v) is 10.2. The molecule has 0 spiro atoms. The van der Waals surface area contributed by atoms with E-state index in [0.717, 1.165) is 5.56 Å². The Labute approximate surface area is 98.5 Å². The smallest absolute Gasteiger partial charge is 0.0818 e. The summed E-state index contributed by atoms with van der Waals surface area (Å²) < 4.78 is 0. The number of aliphatic hydroxyl groups is 1. The standard InChI is InChI=1S/C15H22O/c1-12-7-6-10-14(11-12)15(16)13-8-4-2-3-5-9-13/h6-7,10-11,13,15-16H,2-5,8-9H2,1H3. The number of aliphatic hydroxyl groups excluding tert-OH is 1. The van der Waals surface area contributed by atoms with Crippen molar-refractivity contribution < 1.29 is 5.11 Å². The van der Waals surface area contributed by atoms with E-state index < -0.39 is 0 Å². The van der Waals surface area contributed by atoms with Crippen molar-refractivity contribution >= 4 is 0 Å². The third-order valence-electron chi connectivity index (χ3n) is 3.73. The number of rotatable bonds is 2. The summed E-state index contributed by atoms with van der Waals surface area (Å²) >= 11 is 0. The van der Waals surface area contributed by atoms with E-state index in [1.165, 1.54) is 44.1 Å². The molecule has 1 atom stereocenters. The van der Waals surface area contributed by atoms with Gasteiger partial charge < -0.3 is 5.11 Å². The van der Waals surface area contributed by atoms with Gasteiger partial charge in [-0.3, -0.25) is 0 Å². The molecule has 0 aliphatic heterocycles. The highest BCUT2D eigenvalue weighted by Crippen LogP contribution is 2.33. The largest absolute Gasteiger partial charge is 0.388 e. The first-order valence-corrected chi connectivity index (χ1v) is 6.52. The second-order valence-electron chi connectivity index (χ2n) is 5.11. The molecule has 1 aromatic carbocycles. The third kappa shape index (κ3) is 2.85. The summed E-state index contributed by atoms with van der Waals surface area (Å²) in [5.74, 6) is 0.476. The Morgan fingerprint density at radius 3 is 2.44 bits per heavy atom. The average molecular weight is 218 g/mol. The lowest BCUT2D eigenvalue weighted by atomic mass is 9.89. The van der Waals surface area contributed by atoms with Gasteiger partial charge >= 0.3 is 0 Å². The van der Waals surface area contributed by atoms with E-state index >= 15 is 0 Å². The van der Waals surface area contributed by atoms with Gasteiger partial charge in [0.1, 0.15) is 0 Å². The zero-order valence-electron chi connectivity index (χ0n) is 10.2. The molecule has 88 valence electrons. The van der Waals surface area contributed by atoms with Crippen LogP contribution in [0.15, 0.2) is 24.3 Å². The van der Waals surface area contributed by atoms with Crippen LogP contribution in [0.1, 0.15) is 55.8 Å². The minimum atomic E-state index is -0.252. The Bertz CT molecular complexity index is 324. The quantitative estimate of drug-likeness (QED) is 0.744. The van der Waals surface area contributed by atoms with Crippen molar-refractivity contribution in [2.24, 2.45) is 5.92 Å². The van der Waals surface area contributed by atoms with E-state index in [0.29, 0.717) is 5.92 Å². The van der Waals surface area contributed by atoms with E-state index in [1.54, 1.807) is 0 Å². The van der Waals surface area contributed by atoms with Crippen LogP contribution in [0.2, 0.25) is 0 Å². The predicted octanol–water partition coefficient (Wildman–Crippen LogP) is 4.00. The summed E-state index contributed by atoms with van der Waals surface area (Å²) in [5.41, 5.74) is 2.34. The summed E-state index contributed by atoms with van der Waals surface area (Å²) in [4.78, 5) is 0. The van der Waals surface area contributed by atoms with Crippen molar-refractivity contribution in [3.05, 3.63) is 35.4 Å². The van der Waals surface area contributed by atoms with E-state index in [-0.39, 0.29) is 6.10 Å². The van der Waals surface area contributed by atoms with Crippen molar-refractivity contribution in [3.63, 3.8) is 0 Å². The monoisotopic (exact) mass is 218 g/mol. The molecule has 1 fully saturated rings. The van der Waals surface area contributed by atoms with Gasteiger partial charge in [0.2, 0.25) is 0 Å². The SMILES string of the molecule is Cc1cccc(C(O)C2CCCCCC2)c1. The third-order valence-corrected chi connectivity index (χ3v) is 3.73. The summed E-state index contributed by atoms with van der Waals surface area (Å²) in [6.07, 6.45) is 7.39. The number of aryl methyl sites for hydroxylation is 1. The number of hydrogen-bond donors (Lipinski definition) is 1. The molecule has 1 aromatic rings. The maximum absolute atomic E-state index is 10.4. The highest BCUT2D eigenvalue weighted by atomic mass is 16.3. The predicted molar refractivity (Wildman–Crippen MR) is 67.3 cm³/mol. The van der Waals surface area contributed by atoms with Crippen molar-refractivity contribution in [1.82, 2.24) is 0 Å². The van der Waals surface area contributed by atoms with Crippen LogP contribution in [0.5, 0.6) is 0 Å². The van der Waals surface area contributed by atoms with Crippen molar-refractivity contribution in [1.29, 1.82) is 0 Å². The Hall–Kier alpha value is -0.820. The molecule has 0 radical (unpaired) electrons. The Morgan fingerprint density at radius 1 is 1.12 bits per heavy atom. The fourth-order valence-electron chi connectivity index (χ4n) is 2.75. The molecule has 0 amide bonds. The van der Waals surface area contributed by atoms with Crippen molar-refractivity contribution in [2.45, 2.75) is 51.6 Å². The zero-order chi connectivity index (χ0) is 11.4. The molecule has 1 aliphatic carbocycles. The molecule has 16 heavy (non-hydrogen) atoms. The number of benzene rings is 1. The van der Waals surface area contributed by atoms with E-state index in [4.69, 9.17) is 0 Å². The molecule has 0 bridgehead atoms. The first kappa shape index (κ1) is 11.7. The van der Waals surface area contributed by atoms with Crippen LogP contribution in [0.3, 0.4) is 0 Å². The van der Waals surface area contributed by atoms with Crippen LogP contribution in [0.4, 0.5) is 0 Å². The van der Waals surface area contributed by atoms with Gasteiger partial charge in [0.25, 0.3) is 0 Å². The van der Waals surface area contributed by atoms with Crippen LogP contribution < -0.4 is 0 Å². The van der Waals surface area contributed by atoms with Crippen LogP contribution in [-0.2, 0) is 0 Å². The van der Waals surface area contributed by atoms with Crippen molar-refractivity contribution in [3.8, 4) is 0 Å². The van der Waals surface area contributed by atoms with Gasteiger partial charge in [-0.05, 0) is 31.2 Å². The molecule has 0 saturated heterocycles. The second kappa shape index (κ2) is 5.49. The van der Waals surface area contributed by atoms with Crippen LogP contribution in [-0.4, -0.2) is 5.11 Å². The van der Waals surface area contributed by atoms with Gasteiger partial charge in [-0.15, -0.1) is 0 Å². The van der Waals surface area contributed by atoms with Gasteiger partial charge in [-0.25, -0.2) is 0 Å².